The van der Waals surface area contributed by atoms with E-state index in [9.17, 15) is 4.79 Å². The SMILES string of the molecule is CC(C)(c1cc(N)cc(Cl)c1)n1ncccc1=O. The predicted octanol–water partition coefficient (Wildman–Crippen LogP) is 2.26. The lowest BCUT2D eigenvalue weighted by Gasteiger charge is -2.26. The van der Waals surface area contributed by atoms with Crippen molar-refractivity contribution in [3.63, 3.8) is 0 Å². The highest BCUT2D eigenvalue weighted by Crippen LogP contribution is 2.27. The van der Waals surface area contributed by atoms with Gasteiger partial charge in [0.2, 0.25) is 0 Å². The van der Waals surface area contributed by atoms with Crippen molar-refractivity contribution in [2.45, 2.75) is 19.4 Å². The van der Waals surface area contributed by atoms with Crippen LogP contribution in [0.5, 0.6) is 0 Å². The number of nitrogen functional groups attached to an aromatic ring is 1. The van der Waals surface area contributed by atoms with Crippen molar-refractivity contribution >= 4 is 17.3 Å². The zero-order chi connectivity index (χ0) is 13.3. The van der Waals surface area contributed by atoms with Gasteiger partial charge in [0.15, 0.2) is 0 Å². The average molecular weight is 264 g/mol. The maximum atomic E-state index is 11.8. The number of halogens is 1. The summed E-state index contributed by atoms with van der Waals surface area (Å²) < 4.78 is 1.41. The summed E-state index contributed by atoms with van der Waals surface area (Å²) in [6.45, 7) is 3.79. The van der Waals surface area contributed by atoms with Crippen LogP contribution in [-0.2, 0) is 5.54 Å². The summed E-state index contributed by atoms with van der Waals surface area (Å²) in [7, 11) is 0. The third kappa shape index (κ3) is 2.24. The van der Waals surface area contributed by atoms with Gasteiger partial charge in [0, 0.05) is 23.0 Å². The Kier molecular flexibility index (Phi) is 3.13. The van der Waals surface area contributed by atoms with Gasteiger partial charge in [-0.15, -0.1) is 0 Å². The Bertz CT molecular complexity index is 614. The van der Waals surface area contributed by atoms with E-state index in [2.05, 4.69) is 5.10 Å². The van der Waals surface area contributed by atoms with Crippen molar-refractivity contribution in [1.82, 2.24) is 9.78 Å². The standard InChI is InChI=1S/C13H14ClN3O/c1-13(2,17-12(18)4-3-5-16-17)9-6-10(14)8-11(15)7-9/h3-8H,15H2,1-2H3. The van der Waals surface area contributed by atoms with E-state index < -0.39 is 5.54 Å². The molecule has 0 radical (unpaired) electrons. The van der Waals surface area contributed by atoms with Crippen LogP contribution in [0.2, 0.25) is 5.02 Å². The summed E-state index contributed by atoms with van der Waals surface area (Å²) in [6.07, 6.45) is 1.58. The molecule has 94 valence electrons. The lowest BCUT2D eigenvalue weighted by Crippen LogP contribution is -2.38. The fourth-order valence-electron chi connectivity index (χ4n) is 1.87. The molecule has 2 N–H and O–H groups in total. The molecule has 0 fully saturated rings. The fraction of sp³-hybridized carbons (Fsp3) is 0.231. The molecule has 4 nitrogen and oxygen atoms in total. The first-order chi connectivity index (χ1) is 8.41. The smallest absolute Gasteiger partial charge is 0.267 e. The zero-order valence-corrected chi connectivity index (χ0v) is 11.0. The van der Waals surface area contributed by atoms with Gasteiger partial charge >= 0.3 is 0 Å². The highest BCUT2D eigenvalue weighted by Gasteiger charge is 2.25. The molecule has 0 atom stereocenters. The average Bonchev–Trinajstić information content (AvgIpc) is 2.28. The molecule has 1 heterocycles. The second-order valence-electron chi connectivity index (χ2n) is 4.61. The number of hydrogen-bond donors (Lipinski definition) is 1. The van der Waals surface area contributed by atoms with Gasteiger partial charge in [-0.25, -0.2) is 4.68 Å². The van der Waals surface area contributed by atoms with Gasteiger partial charge in [-0.3, -0.25) is 4.79 Å². The molecule has 0 aliphatic heterocycles. The third-order valence-electron chi connectivity index (χ3n) is 2.87. The van der Waals surface area contributed by atoms with Crippen LogP contribution in [0.1, 0.15) is 19.4 Å². The monoisotopic (exact) mass is 263 g/mol. The summed E-state index contributed by atoms with van der Waals surface area (Å²) in [5.41, 5.74) is 6.41. The summed E-state index contributed by atoms with van der Waals surface area (Å²) in [5.74, 6) is 0. The van der Waals surface area contributed by atoms with Crippen LogP contribution in [-0.4, -0.2) is 9.78 Å². The molecule has 0 spiro atoms. The highest BCUT2D eigenvalue weighted by molar-refractivity contribution is 6.30. The van der Waals surface area contributed by atoms with Crippen LogP contribution in [0.25, 0.3) is 0 Å². The molecule has 2 aromatic rings. The summed E-state index contributed by atoms with van der Waals surface area (Å²) in [4.78, 5) is 11.8. The molecular weight excluding hydrogens is 250 g/mol. The number of aromatic nitrogens is 2. The van der Waals surface area contributed by atoms with E-state index in [0.717, 1.165) is 5.56 Å². The van der Waals surface area contributed by atoms with Crippen LogP contribution >= 0.6 is 11.6 Å². The van der Waals surface area contributed by atoms with Crippen LogP contribution in [0.3, 0.4) is 0 Å². The Morgan fingerprint density at radius 1 is 1.33 bits per heavy atom. The zero-order valence-electron chi connectivity index (χ0n) is 10.2. The number of hydrogen-bond acceptors (Lipinski definition) is 3. The molecule has 0 bridgehead atoms. The van der Waals surface area contributed by atoms with E-state index in [1.165, 1.54) is 10.7 Å². The molecule has 0 saturated carbocycles. The molecule has 18 heavy (non-hydrogen) atoms. The van der Waals surface area contributed by atoms with Gasteiger partial charge in [0.05, 0.1) is 5.54 Å². The highest BCUT2D eigenvalue weighted by atomic mass is 35.5. The lowest BCUT2D eigenvalue weighted by molar-refractivity contribution is 0.371. The number of anilines is 1. The molecule has 2 rings (SSSR count). The van der Waals surface area contributed by atoms with Crippen molar-refractivity contribution in [2.75, 3.05) is 5.73 Å². The first kappa shape index (κ1) is 12.6. The van der Waals surface area contributed by atoms with Crippen LogP contribution in [0.15, 0.2) is 41.3 Å². The molecule has 1 aromatic carbocycles. The van der Waals surface area contributed by atoms with Crippen LogP contribution in [0.4, 0.5) is 5.69 Å². The largest absolute Gasteiger partial charge is 0.399 e. The molecule has 1 aromatic heterocycles. The van der Waals surface area contributed by atoms with Gasteiger partial charge in [-0.2, -0.15) is 5.10 Å². The maximum Gasteiger partial charge on any atom is 0.267 e. The maximum absolute atomic E-state index is 11.8. The van der Waals surface area contributed by atoms with Crippen molar-refractivity contribution in [1.29, 1.82) is 0 Å². The molecule has 0 amide bonds. The van der Waals surface area contributed by atoms with Crippen molar-refractivity contribution in [3.8, 4) is 0 Å². The van der Waals surface area contributed by atoms with E-state index in [-0.39, 0.29) is 5.56 Å². The number of benzene rings is 1. The van der Waals surface area contributed by atoms with Crippen molar-refractivity contribution in [3.05, 3.63) is 57.5 Å². The minimum atomic E-state index is -0.614. The first-order valence-electron chi connectivity index (χ1n) is 5.52. The van der Waals surface area contributed by atoms with Crippen molar-refractivity contribution in [2.24, 2.45) is 0 Å². The second-order valence-corrected chi connectivity index (χ2v) is 5.04. The summed E-state index contributed by atoms with van der Waals surface area (Å²) in [5, 5.41) is 4.65. The van der Waals surface area contributed by atoms with E-state index in [1.54, 1.807) is 30.5 Å². The molecule has 0 aliphatic rings. The molecule has 0 aliphatic carbocycles. The van der Waals surface area contributed by atoms with E-state index in [1.807, 2.05) is 13.8 Å². The lowest BCUT2D eigenvalue weighted by atomic mass is 9.94. The normalized spacial score (nSPS) is 11.5. The van der Waals surface area contributed by atoms with Gasteiger partial charge < -0.3 is 5.73 Å². The first-order valence-corrected chi connectivity index (χ1v) is 5.90. The van der Waals surface area contributed by atoms with Gasteiger partial charge in [-0.1, -0.05) is 11.6 Å². The predicted molar refractivity (Wildman–Crippen MR) is 72.8 cm³/mol. The Hall–Kier alpha value is -1.81. The minimum absolute atomic E-state index is 0.166. The van der Waals surface area contributed by atoms with E-state index >= 15 is 0 Å². The molecule has 5 heteroatoms. The summed E-state index contributed by atoms with van der Waals surface area (Å²) in [6, 6.07) is 8.35. The fourth-order valence-corrected chi connectivity index (χ4v) is 2.11. The number of rotatable bonds is 2. The summed E-state index contributed by atoms with van der Waals surface area (Å²) >= 11 is 6.00. The number of nitrogens with zero attached hydrogens (tertiary/aromatic N) is 2. The van der Waals surface area contributed by atoms with Gasteiger partial charge in [0.25, 0.3) is 5.56 Å². The molecule has 0 saturated heterocycles. The van der Waals surface area contributed by atoms with E-state index in [4.69, 9.17) is 17.3 Å². The van der Waals surface area contributed by atoms with Gasteiger partial charge in [0.1, 0.15) is 0 Å². The number of nitrogens with two attached hydrogens (primary N) is 1. The third-order valence-corrected chi connectivity index (χ3v) is 3.09. The van der Waals surface area contributed by atoms with Gasteiger partial charge in [-0.05, 0) is 43.7 Å². The van der Waals surface area contributed by atoms with E-state index in [0.29, 0.717) is 10.7 Å². The molecule has 0 unspecified atom stereocenters. The minimum Gasteiger partial charge on any atom is -0.399 e. The Morgan fingerprint density at radius 3 is 2.67 bits per heavy atom. The second kappa shape index (κ2) is 4.46. The Morgan fingerprint density at radius 2 is 2.06 bits per heavy atom. The quantitative estimate of drug-likeness (QED) is 0.846. The topological polar surface area (TPSA) is 60.9 Å². The van der Waals surface area contributed by atoms with Crippen molar-refractivity contribution < 1.29 is 0 Å². The van der Waals surface area contributed by atoms with Crippen LogP contribution in [0, 0.1) is 0 Å². The molecular formula is C13H14ClN3O. The van der Waals surface area contributed by atoms with Crippen LogP contribution < -0.4 is 11.3 Å². The Labute approximate surface area is 110 Å². The Balaban J connectivity index is 2.61.